The van der Waals surface area contributed by atoms with Crippen LogP contribution in [0.2, 0.25) is 5.28 Å². The van der Waals surface area contributed by atoms with Gasteiger partial charge in [0.2, 0.25) is 5.28 Å². The number of halogens is 1. The van der Waals surface area contributed by atoms with Gasteiger partial charge in [-0.15, -0.1) is 6.42 Å². The van der Waals surface area contributed by atoms with Crippen molar-refractivity contribution in [3.05, 3.63) is 47.5 Å². The highest BCUT2D eigenvalue weighted by Crippen LogP contribution is 2.40. The van der Waals surface area contributed by atoms with Crippen LogP contribution in [0.1, 0.15) is 24.6 Å². The van der Waals surface area contributed by atoms with Crippen molar-refractivity contribution in [2.24, 2.45) is 0 Å². The number of carbonyl (C=O) groups is 2. The second-order valence-corrected chi connectivity index (χ2v) is 10.0. The zero-order valence-corrected chi connectivity index (χ0v) is 21.8. The van der Waals surface area contributed by atoms with Crippen LogP contribution >= 0.6 is 11.6 Å². The van der Waals surface area contributed by atoms with Gasteiger partial charge < -0.3 is 34.8 Å². The molecule has 2 saturated heterocycles. The van der Waals surface area contributed by atoms with Gasteiger partial charge in [0.1, 0.15) is 12.2 Å². The molecular weight excluding hydrogens is 546 g/mol. The minimum Gasteiger partial charge on any atom is -0.479 e. The summed E-state index contributed by atoms with van der Waals surface area (Å²) in [6, 6.07) is 8.06. The van der Waals surface area contributed by atoms with Crippen LogP contribution in [0.5, 0.6) is 0 Å². The molecule has 14 heteroatoms. The number of rotatable bonds is 9. The van der Waals surface area contributed by atoms with Gasteiger partial charge in [0, 0.05) is 19.5 Å². The van der Waals surface area contributed by atoms with Crippen molar-refractivity contribution >= 4 is 40.5 Å². The van der Waals surface area contributed by atoms with Crippen LogP contribution in [0.4, 0.5) is 5.82 Å². The van der Waals surface area contributed by atoms with Crippen molar-refractivity contribution in [1.29, 1.82) is 0 Å². The lowest BCUT2D eigenvalue weighted by Gasteiger charge is -2.30. The number of aliphatic carboxylic acids is 2. The molecule has 0 spiro atoms. The molecule has 4 heterocycles. The number of aliphatic hydroxyl groups is 2. The molecule has 1 aromatic carbocycles. The first-order valence-corrected chi connectivity index (χ1v) is 12.8. The Balaban J connectivity index is 1.45. The lowest BCUT2D eigenvalue weighted by molar-refractivity contribution is -0.191. The number of nitrogens with zero attached hydrogens (tertiary/aromatic N) is 5. The number of hydrogen-bond acceptors (Lipinski definition) is 10. The maximum atomic E-state index is 12.2. The van der Waals surface area contributed by atoms with E-state index in [1.807, 2.05) is 4.90 Å². The predicted octanol–water partition coefficient (Wildman–Crippen LogP) is 0.870. The van der Waals surface area contributed by atoms with Gasteiger partial charge in [0.15, 0.2) is 28.8 Å². The number of terminal acetylenes is 1. The number of hydrogen-bond donors (Lipinski definition) is 4. The van der Waals surface area contributed by atoms with E-state index in [1.54, 1.807) is 30.3 Å². The zero-order chi connectivity index (χ0) is 28.7. The Morgan fingerprint density at radius 2 is 1.88 bits per heavy atom. The Morgan fingerprint density at radius 1 is 1.20 bits per heavy atom. The number of carboxylic acids is 2. The largest absolute Gasteiger partial charge is 0.479 e. The van der Waals surface area contributed by atoms with E-state index in [4.69, 9.17) is 27.5 Å². The number of benzene rings is 1. The maximum Gasteiger partial charge on any atom is 0.348 e. The molecule has 2 aliphatic heterocycles. The van der Waals surface area contributed by atoms with Gasteiger partial charge in [0.25, 0.3) is 5.60 Å². The maximum absolute atomic E-state index is 12.2. The topological polar surface area (TPSA) is 180 Å². The summed E-state index contributed by atoms with van der Waals surface area (Å²) in [6.07, 6.45) is 3.71. The molecule has 40 heavy (non-hydrogen) atoms. The molecule has 0 aliphatic carbocycles. The van der Waals surface area contributed by atoms with Crippen molar-refractivity contribution in [3.8, 4) is 12.3 Å². The molecule has 4 atom stereocenters. The summed E-state index contributed by atoms with van der Waals surface area (Å²) in [5.74, 6) is -0.909. The van der Waals surface area contributed by atoms with Gasteiger partial charge in [0.05, 0.1) is 12.9 Å². The second-order valence-electron chi connectivity index (χ2n) is 9.67. The Labute approximate surface area is 233 Å². The SMILES string of the molecule is C#C[C@@]1(O)C(COC(Cc2ccccc2)(C(=O)O)C(=O)O)O[C@@H](n2cnc3c(N4CCCC4)nc(Cl)nc32)[C@@H]1O. The molecule has 0 amide bonds. The fraction of sp³-hybridized carbons (Fsp3) is 0.423. The van der Waals surface area contributed by atoms with Crippen molar-refractivity contribution in [1.82, 2.24) is 19.5 Å². The fourth-order valence-corrected chi connectivity index (χ4v) is 5.21. The van der Waals surface area contributed by atoms with Gasteiger partial charge in [-0.05, 0) is 30.0 Å². The number of ether oxygens (including phenoxy) is 2. The lowest BCUT2D eigenvalue weighted by Crippen LogP contribution is -2.55. The van der Waals surface area contributed by atoms with E-state index in [0.29, 0.717) is 16.9 Å². The molecule has 2 fully saturated rings. The fourth-order valence-electron chi connectivity index (χ4n) is 5.05. The monoisotopic (exact) mass is 571 g/mol. The van der Waals surface area contributed by atoms with Crippen molar-refractivity contribution in [2.45, 2.75) is 48.9 Å². The normalized spacial score (nSPS) is 24.9. The summed E-state index contributed by atoms with van der Waals surface area (Å²) in [4.78, 5) is 39.3. The van der Waals surface area contributed by atoms with Crippen molar-refractivity contribution in [2.75, 3.05) is 24.6 Å². The Bertz CT molecular complexity index is 1460. The number of anilines is 1. The predicted molar refractivity (Wildman–Crippen MR) is 140 cm³/mol. The van der Waals surface area contributed by atoms with E-state index in [9.17, 15) is 30.0 Å². The average Bonchev–Trinajstić information content (AvgIpc) is 3.66. The van der Waals surface area contributed by atoms with Crippen LogP contribution in [0, 0.1) is 12.3 Å². The molecule has 1 unspecified atom stereocenters. The first-order valence-electron chi connectivity index (χ1n) is 12.4. The van der Waals surface area contributed by atoms with Gasteiger partial charge in [-0.3, -0.25) is 4.57 Å². The van der Waals surface area contributed by atoms with Crippen LogP contribution in [0.25, 0.3) is 11.2 Å². The third kappa shape index (κ3) is 4.63. The third-order valence-electron chi connectivity index (χ3n) is 7.27. The van der Waals surface area contributed by atoms with Crippen LogP contribution in [-0.2, 0) is 25.5 Å². The van der Waals surface area contributed by atoms with E-state index in [-0.39, 0.29) is 10.9 Å². The van der Waals surface area contributed by atoms with Crippen molar-refractivity contribution in [3.63, 3.8) is 0 Å². The summed E-state index contributed by atoms with van der Waals surface area (Å²) >= 11 is 6.21. The highest BCUT2D eigenvalue weighted by molar-refractivity contribution is 6.28. The highest BCUT2D eigenvalue weighted by atomic mass is 35.5. The van der Waals surface area contributed by atoms with Gasteiger partial charge in [-0.25, -0.2) is 14.6 Å². The smallest absolute Gasteiger partial charge is 0.348 e. The number of imidazole rings is 1. The number of aliphatic hydroxyl groups excluding tert-OH is 1. The Kier molecular flexibility index (Phi) is 7.38. The molecule has 0 radical (unpaired) electrons. The van der Waals surface area contributed by atoms with Crippen LogP contribution in [-0.4, -0.2) is 95.0 Å². The lowest BCUT2D eigenvalue weighted by atomic mass is 9.92. The first kappa shape index (κ1) is 27.8. The summed E-state index contributed by atoms with van der Waals surface area (Å²) in [5.41, 5.74) is -4.12. The molecule has 0 saturated carbocycles. The van der Waals surface area contributed by atoms with E-state index >= 15 is 0 Å². The van der Waals surface area contributed by atoms with E-state index in [1.165, 1.54) is 10.9 Å². The molecule has 210 valence electrons. The van der Waals surface area contributed by atoms with Gasteiger partial charge >= 0.3 is 11.9 Å². The molecule has 2 aliphatic rings. The van der Waals surface area contributed by atoms with E-state index in [0.717, 1.165) is 25.9 Å². The molecule has 5 rings (SSSR count). The molecular formula is C26H26ClN5O8. The summed E-state index contributed by atoms with van der Waals surface area (Å²) in [6.45, 7) is 0.735. The first-order chi connectivity index (χ1) is 19.1. The molecule has 4 N–H and O–H groups in total. The third-order valence-corrected chi connectivity index (χ3v) is 7.44. The van der Waals surface area contributed by atoms with Crippen LogP contribution < -0.4 is 4.90 Å². The minimum atomic E-state index is -2.73. The Hall–Kier alpha value is -3.80. The number of fused-ring (bicyclic) bond motifs is 1. The van der Waals surface area contributed by atoms with Crippen LogP contribution in [0.3, 0.4) is 0 Å². The summed E-state index contributed by atoms with van der Waals surface area (Å²) in [7, 11) is 0. The quantitative estimate of drug-likeness (QED) is 0.162. The molecule has 2 aromatic heterocycles. The Morgan fingerprint density at radius 3 is 2.50 bits per heavy atom. The highest BCUT2D eigenvalue weighted by Gasteiger charge is 2.58. The average molecular weight is 572 g/mol. The molecule has 13 nitrogen and oxygen atoms in total. The summed E-state index contributed by atoms with van der Waals surface area (Å²) < 4.78 is 12.7. The van der Waals surface area contributed by atoms with Gasteiger partial charge in [-0.1, -0.05) is 36.3 Å². The number of carboxylic acid groups (broad SMARTS) is 2. The molecule has 0 bridgehead atoms. The van der Waals surface area contributed by atoms with Crippen molar-refractivity contribution < 1.29 is 39.5 Å². The summed E-state index contributed by atoms with van der Waals surface area (Å²) in [5, 5.41) is 42.0. The molecule has 3 aromatic rings. The van der Waals surface area contributed by atoms with Gasteiger partial charge in [-0.2, -0.15) is 9.97 Å². The van der Waals surface area contributed by atoms with E-state index < -0.39 is 54.6 Å². The second kappa shape index (κ2) is 10.6. The standard InChI is InChI=1S/C26H26ClN5O8/c1-2-25(38)16(13-39-26(22(34)35,23(36)37)12-15-8-4-3-5-9-15)40-21(18(25)33)32-14-28-17-19(31-10-6-7-11-31)29-24(27)30-20(17)32/h1,3-5,8-9,14,16,18,21,33,38H,6-7,10-13H2,(H,34,35)(H,36,37)/t16?,18-,21+,25+/m0/s1. The minimum absolute atomic E-state index is 0.0654. The van der Waals surface area contributed by atoms with E-state index in [2.05, 4.69) is 20.9 Å². The zero-order valence-electron chi connectivity index (χ0n) is 21.1. The van der Waals surface area contributed by atoms with Crippen LogP contribution in [0.15, 0.2) is 36.7 Å². The number of aromatic nitrogens is 4.